The lowest BCUT2D eigenvalue weighted by molar-refractivity contribution is -0.118. The smallest absolute Gasteiger partial charge is 0.158 e. The molecule has 2 heteroatoms. The van der Waals surface area contributed by atoms with Crippen LogP contribution in [0.5, 0.6) is 0 Å². The maximum absolute atomic E-state index is 12.1. The minimum Gasteiger partial charge on any atom is -0.396 e. The first-order valence-electron chi connectivity index (χ1n) is 8.84. The van der Waals surface area contributed by atoms with Crippen molar-refractivity contribution >= 4 is 5.78 Å². The first-order chi connectivity index (χ1) is 10.00. The molecule has 4 aliphatic carbocycles. The summed E-state index contributed by atoms with van der Waals surface area (Å²) in [6, 6.07) is 0. The third-order valence-electron chi connectivity index (χ3n) is 7.88. The Morgan fingerprint density at radius 2 is 2.00 bits per heavy atom. The molecule has 116 valence electrons. The van der Waals surface area contributed by atoms with Gasteiger partial charge in [0.15, 0.2) is 5.78 Å². The number of rotatable bonds is 1. The summed E-state index contributed by atoms with van der Waals surface area (Å²) in [5.74, 6) is 2.47. The Bertz CT molecular complexity index is 520. The summed E-state index contributed by atoms with van der Waals surface area (Å²) < 4.78 is 0. The van der Waals surface area contributed by atoms with E-state index in [4.69, 9.17) is 0 Å². The average molecular weight is 288 g/mol. The molecular weight excluding hydrogens is 260 g/mol. The van der Waals surface area contributed by atoms with Gasteiger partial charge < -0.3 is 5.11 Å². The van der Waals surface area contributed by atoms with Crippen LogP contribution in [0.1, 0.15) is 65.2 Å². The highest BCUT2D eigenvalue weighted by molar-refractivity contribution is 5.96. The number of carbonyl (C=O) groups excluding carboxylic acids is 1. The molecule has 2 bridgehead atoms. The highest BCUT2D eigenvalue weighted by Crippen LogP contribution is 2.69. The fourth-order valence-corrected chi connectivity index (χ4v) is 6.90. The van der Waals surface area contributed by atoms with Gasteiger partial charge in [-0.25, -0.2) is 0 Å². The van der Waals surface area contributed by atoms with Gasteiger partial charge in [-0.15, -0.1) is 0 Å². The lowest BCUT2D eigenvalue weighted by Crippen LogP contribution is -2.49. The predicted molar refractivity (Wildman–Crippen MR) is 82.7 cm³/mol. The van der Waals surface area contributed by atoms with Crippen molar-refractivity contribution in [1.29, 1.82) is 0 Å². The lowest BCUT2D eigenvalue weighted by atomic mass is 9.47. The zero-order valence-corrected chi connectivity index (χ0v) is 13.5. The molecule has 0 heterocycles. The number of ketones is 1. The Kier molecular flexibility index (Phi) is 2.96. The molecule has 21 heavy (non-hydrogen) atoms. The lowest BCUT2D eigenvalue weighted by Gasteiger charge is -2.57. The van der Waals surface area contributed by atoms with E-state index in [0.717, 1.165) is 36.7 Å². The third kappa shape index (κ3) is 1.72. The molecule has 5 atom stereocenters. The second-order valence-electron chi connectivity index (χ2n) is 8.55. The molecule has 2 nitrogen and oxygen atoms in total. The van der Waals surface area contributed by atoms with Crippen molar-refractivity contribution in [3.8, 4) is 0 Å². The van der Waals surface area contributed by atoms with E-state index in [1.54, 1.807) is 0 Å². The number of hydrogen-bond acceptors (Lipinski definition) is 2. The second kappa shape index (κ2) is 4.44. The van der Waals surface area contributed by atoms with Crippen molar-refractivity contribution in [3.63, 3.8) is 0 Å². The van der Waals surface area contributed by atoms with Crippen molar-refractivity contribution < 1.29 is 9.90 Å². The first kappa shape index (κ1) is 14.0. The van der Waals surface area contributed by atoms with Gasteiger partial charge in [-0.3, -0.25) is 4.79 Å². The topological polar surface area (TPSA) is 37.3 Å². The number of allylic oxidation sites excluding steroid dienone is 2. The van der Waals surface area contributed by atoms with E-state index in [9.17, 15) is 9.90 Å². The van der Waals surface area contributed by atoms with Gasteiger partial charge in [0.25, 0.3) is 0 Å². The Morgan fingerprint density at radius 3 is 2.76 bits per heavy atom. The normalized spacial score (nSPS) is 49.1. The van der Waals surface area contributed by atoms with Crippen LogP contribution in [0.15, 0.2) is 11.1 Å². The van der Waals surface area contributed by atoms with Crippen molar-refractivity contribution in [1.82, 2.24) is 0 Å². The number of aliphatic hydroxyl groups excluding tert-OH is 1. The molecule has 0 aromatic heterocycles. The molecule has 3 saturated carbocycles. The van der Waals surface area contributed by atoms with Gasteiger partial charge in [0, 0.05) is 13.0 Å². The Morgan fingerprint density at radius 1 is 1.19 bits per heavy atom. The molecule has 1 spiro atoms. The maximum atomic E-state index is 12.1. The SMILES string of the molecule is CC1=C2CC[C@]34C[C@H](CO)[C@@H](CC[C@H]3[C@]2(C)CCC1=O)C4. The Hall–Kier alpha value is -0.630. The monoisotopic (exact) mass is 288 g/mol. The number of Topliss-reactive ketones (excluding diaryl/α,β-unsaturated/α-hetero) is 1. The molecule has 4 aliphatic rings. The van der Waals surface area contributed by atoms with Crippen LogP contribution < -0.4 is 0 Å². The van der Waals surface area contributed by atoms with Crippen LogP contribution in [0.3, 0.4) is 0 Å². The van der Waals surface area contributed by atoms with E-state index in [-0.39, 0.29) is 5.41 Å². The largest absolute Gasteiger partial charge is 0.396 e. The summed E-state index contributed by atoms with van der Waals surface area (Å²) in [7, 11) is 0. The van der Waals surface area contributed by atoms with E-state index < -0.39 is 0 Å². The number of fused-ring (bicyclic) bond motifs is 3. The summed E-state index contributed by atoms with van der Waals surface area (Å²) in [5, 5.41) is 9.72. The summed E-state index contributed by atoms with van der Waals surface area (Å²) >= 11 is 0. The van der Waals surface area contributed by atoms with Crippen molar-refractivity contribution in [2.45, 2.75) is 65.2 Å². The summed E-state index contributed by atoms with van der Waals surface area (Å²) in [6.07, 6.45) is 9.43. The molecule has 4 rings (SSSR count). The Labute approximate surface area is 128 Å². The Balaban J connectivity index is 1.76. The highest BCUT2D eigenvalue weighted by Gasteiger charge is 2.60. The predicted octanol–water partition coefficient (Wildman–Crippen LogP) is 3.88. The van der Waals surface area contributed by atoms with Crippen LogP contribution in [0.25, 0.3) is 0 Å². The summed E-state index contributed by atoms with van der Waals surface area (Å²) in [5.41, 5.74) is 3.35. The first-order valence-corrected chi connectivity index (χ1v) is 8.84. The average Bonchev–Trinajstić information content (AvgIpc) is 2.74. The molecule has 0 aromatic carbocycles. The van der Waals surface area contributed by atoms with E-state index in [0.29, 0.717) is 23.7 Å². The third-order valence-corrected chi connectivity index (χ3v) is 7.88. The van der Waals surface area contributed by atoms with Gasteiger partial charge in [0.2, 0.25) is 0 Å². The van der Waals surface area contributed by atoms with E-state index in [1.165, 1.54) is 37.7 Å². The molecule has 0 amide bonds. The minimum absolute atomic E-state index is 0.269. The molecule has 0 saturated heterocycles. The van der Waals surface area contributed by atoms with Gasteiger partial charge in [0.1, 0.15) is 0 Å². The van der Waals surface area contributed by atoms with E-state index in [2.05, 4.69) is 13.8 Å². The van der Waals surface area contributed by atoms with Crippen LogP contribution >= 0.6 is 0 Å². The van der Waals surface area contributed by atoms with Crippen LogP contribution in [-0.2, 0) is 4.79 Å². The van der Waals surface area contributed by atoms with Crippen LogP contribution in [0, 0.1) is 28.6 Å². The zero-order chi connectivity index (χ0) is 14.8. The fraction of sp³-hybridized carbons (Fsp3) is 0.842. The molecule has 0 aliphatic heterocycles. The van der Waals surface area contributed by atoms with Crippen molar-refractivity contribution in [3.05, 3.63) is 11.1 Å². The molecule has 0 unspecified atom stereocenters. The number of carbonyl (C=O) groups is 1. The minimum atomic E-state index is 0.269. The zero-order valence-electron chi connectivity index (χ0n) is 13.5. The van der Waals surface area contributed by atoms with Gasteiger partial charge in [-0.1, -0.05) is 12.5 Å². The molecule has 1 N–H and O–H groups in total. The molecular formula is C19H28O2. The van der Waals surface area contributed by atoms with Crippen LogP contribution in [0.2, 0.25) is 0 Å². The number of hydrogen-bond donors (Lipinski definition) is 1. The van der Waals surface area contributed by atoms with Crippen molar-refractivity contribution in [2.24, 2.45) is 28.6 Å². The summed E-state index contributed by atoms with van der Waals surface area (Å²) in [4.78, 5) is 12.1. The summed E-state index contributed by atoms with van der Waals surface area (Å²) in [6.45, 7) is 4.91. The van der Waals surface area contributed by atoms with Crippen LogP contribution in [0.4, 0.5) is 0 Å². The van der Waals surface area contributed by atoms with Gasteiger partial charge in [0.05, 0.1) is 0 Å². The van der Waals surface area contributed by atoms with Crippen molar-refractivity contribution in [2.75, 3.05) is 6.61 Å². The standard InChI is InChI=1S/C19H28O2/c1-12-15-5-8-19-9-13(14(10-19)11-20)3-4-17(19)18(15,2)7-6-16(12)21/h13-14,17,20H,3-11H2,1-2H3/t13-,14+,17-,18+,19-/m0/s1. The maximum Gasteiger partial charge on any atom is 0.158 e. The van der Waals surface area contributed by atoms with E-state index in [1.807, 2.05) is 0 Å². The highest BCUT2D eigenvalue weighted by atomic mass is 16.3. The van der Waals surface area contributed by atoms with Gasteiger partial charge >= 0.3 is 0 Å². The van der Waals surface area contributed by atoms with Gasteiger partial charge in [-0.2, -0.15) is 0 Å². The van der Waals surface area contributed by atoms with Crippen LogP contribution in [-0.4, -0.2) is 17.5 Å². The molecule has 3 fully saturated rings. The fourth-order valence-electron chi connectivity index (χ4n) is 6.90. The second-order valence-corrected chi connectivity index (χ2v) is 8.55. The van der Waals surface area contributed by atoms with Gasteiger partial charge in [-0.05, 0) is 86.0 Å². The molecule has 0 aromatic rings. The molecule has 0 radical (unpaired) electrons. The number of aliphatic hydroxyl groups is 1. The quantitative estimate of drug-likeness (QED) is 0.795. The van der Waals surface area contributed by atoms with E-state index >= 15 is 0 Å².